The normalized spacial score (nSPS) is 18.7. The Morgan fingerprint density at radius 1 is 1.65 bits per heavy atom. The Morgan fingerprint density at radius 3 is 3.18 bits per heavy atom. The summed E-state index contributed by atoms with van der Waals surface area (Å²) in [6.07, 6.45) is 5.75. The Kier molecular flexibility index (Phi) is 3.34. The van der Waals surface area contributed by atoms with Crippen LogP contribution in [0.4, 0.5) is 0 Å². The highest BCUT2D eigenvalue weighted by Gasteiger charge is 2.30. The van der Waals surface area contributed by atoms with Gasteiger partial charge in [-0.05, 0) is 13.0 Å². The number of carbonyl (C=O) groups excluding carboxylic acids is 1. The van der Waals surface area contributed by atoms with Gasteiger partial charge < -0.3 is 10.1 Å². The highest BCUT2D eigenvalue weighted by atomic mass is 16.5. The van der Waals surface area contributed by atoms with Crippen molar-refractivity contribution < 1.29 is 9.53 Å². The van der Waals surface area contributed by atoms with Gasteiger partial charge in [0.15, 0.2) is 0 Å². The Bertz CT molecular complexity index is 462. The molecule has 0 radical (unpaired) electrons. The molecule has 1 amide bonds. The highest BCUT2D eigenvalue weighted by molar-refractivity contribution is 5.85. The lowest BCUT2D eigenvalue weighted by Crippen LogP contribution is -2.36. The van der Waals surface area contributed by atoms with Crippen molar-refractivity contribution in [1.82, 2.24) is 5.32 Å². The van der Waals surface area contributed by atoms with Gasteiger partial charge in [0, 0.05) is 18.0 Å². The first-order chi connectivity index (χ1) is 8.22. The smallest absolute Gasteiger partial charge is 0.231 e. The average Bonchev–Trinajstić information content (AvgIpc) is 2.72. The van der Waals surface area contributed by atoms with Crippen molar-refractivity contribution in [2.75, 3.05) is 6.61 Å². The van der Waals surface area contributed by atoms with Gasteiger partial charge in [0.2, 0.25) is 5.91 Å². The molecule has 2 atom stereocenters. The molecule has 0 aromatic heterocycles. The lowest BCUT2D eigenvalue weighted by Gasteiger charge is -2.14. The summed E-state index contributed by atoms with van der Waals surface area (Å²) in [5.41, 5.74) is 0.956. The highest BCUT2D eigenvalue weighted by Crippen LogP contribution is 2.33. The molecule has 0 saturated heterocycles. The van der Waals surface area contributed by atoms with E-state index in [9.17, 15) is 4.79 Å². The van der Waals surface area contributed by atoms with Crippen LogP contribution in [0.15, 0.2) is 24.3 Å². The Balaban J connectivity index is 2.06. The van der Waals surface area contributed by atoms with E-state index in [2.05, 4.69) is 11.2 Å². The van der Waals surface area contributed by atoms with Crippen LogP contribution in [-0.2, 0) is 4.79 Å². The number of ether oxygens (including phenoxy) is 1. The third kappa shape index (κ3) is 2.42. The quantitative estimate of drug-likeness (QED) is 0.801. The second-order valence-corrected chi connectivity index (χ2v) is 4.22. The molecule has 1 N–H and O–H groups in total. The Hall–Kier alpha value is -1.95. The number of nitrogens with one attached hydrogen (secondary N) is 1. The van der Waals surface area contributed by atoms with Crippen LogP contribution in [0.3, 0.4) is 0 Å². The summed E-state index contributed by atoms with van der Waals surface area (Å²) >= 11 is 0. The van der Waals surface area contributed by atoms with Crippen molar-refractivity contribution in [1.29, 1.82) is 0 Å². The average molecular weight is 229 g/mol. The SMILES string of the molecule is C#CCC(C)NC(=O)C1COc2ccccc21. The molecular weight excluding hydrogens is 214 g/mol. The van der Waals surface area contributed by atoms with Crippen LogP contribution in [-0.4, -0.2) is 18.6 Å². The van der Waals surface area contributed by atoms with Gasteiger partial charge in [-0.25, -0.2) is 0 Å². The zero-order chi connectivity index (χ0) is 12.3. The fraction of sp³-hybridized carbons (Fsp3) is 0.357. The van der Waals surface area contributed by atoms with Crippen molar-refractivity contribution >= 4 is 5.91 Å². The molecule has 17 heavy (non-hydrogen) atoms. The van der Waals surface area contributed by atoms with Crippen LogP contribution >= 0.6 is 0 Å². The maximum absolute atomic E-state index is 12.0. The standard InChI is InChI=1S/C14H15NO2/c1-3-6-10(2)15-14(16)12-9-17-13-8-5-4-7-11(12)13/h1,4-5,7-8,10,12H,6,9H2,2H3,(H,15,16). The van der Waals surface area contributed by atoms with Gasteiger partial charge in [0.25, 0.3) is 0 Å². The second-order valence-electron chi connectivity index (χ2n) is 4.22. The molecule has 2 unspecified atom stereocenters. The van der Waals surface area contributed by atoms with Crippen molar-refractivity contribution in [3.8, 4) is 18.1 Å². The first kappa shape index (κ1) is 11.5. The molecule has 0 aliphatic carbocycles. The summed E-state index contributed by atoms with van der Waals surface area (Å²) < 4.78 is 5.47. The lowest BCUT2D eigenvalue weighted by molar-refractivity contribution is -0.123. The third-order valence-electron chi connectivity index (χ3n) is 2.83. The van der Waals surface area contributed by atoms with E-state index in [-0.39, 0.29) is 17.9 Å². The molecule has 1 aromatic rings. The summed E-state index contributed by atoms with van der Waals surface area (Å²) in [6.45, 7) is 2.31. The molecule has 0 spiro atoms. The van der Waals surface area contributed by atoms with Gasteiger partial charge in [-0.15, -0.1) is 12.3 Å². The van der Waals surface area contributed by atoms with Crippen molar-refractivity contribution in [2.24, 2.45) is 0 Å². The van der Waals surface area contributed by atoms with Gasteiger partial charge in [0.05, 0.1) is 0 Å². The Labute approximate surface area is 101 Å². The molecule has 0 bridgehead atoms. The van der Waals surface area contributed by atoms with Crippen molar-refractivity contribution in [3.63, 3.8) is 0 Å². The van der Waals surface area contributed by atoms with Crippen LogP contribution in [0.1, 0.15) is 24.8 Å². The van der Waals surface area contributed by atoms with E-state index < -0.39 is 0 Å². The number of para-hydroxylation sites is 1. The number of hydrogen-bond acceptors (Lipinski definition) is 2. The third-order valence-corrected chi connectivity index (χ3v) is 2.83. The minimum atomic E-state index is -0.216. The molecule has 88 valence electrons. The maximum Gasteiger partial charge on any atom is 0.231 e. The number of rotatable bonds is 3. The molecule has 0 saturated carbocycles. The van der Waals surface area contributed by atoms with Crippen LogP contribution in [0.2, 0.25) is 0 Å². The van der Waals surface area contributed by atoms with Gasteiger partial charge in [0.1, 0.15) is 18.3 Å². The molecule has 3 nitrogen and oxygen atoms in total. The monoisotopic (exact) mass is 229 g/mol. The van der Waals surface area contributed by atoms with E-state index in [4.69, 9.17) is 11.2 Å². The number of carbonyl (C=O) groups is 1. The fourth-order valence-electron chi connectivity index (χ4n) is 1.95. The van der Waals surface area contributed by atoms with Gasteiger partial charge in [-0.1, -0.05) is 18.2 Å². The van der Waals surface area contributed by atoms with Gasteiger partial charge in [-0.2, -0.15) is 0 Å². The number of hydrogen-bond donors (Lipinski definition) is 1. The molecule has 1 aliphatic heterocycles. The van der Waals surface area contributed by atoms with E-state index in [1.165, 1.54) is 0 Å². The predicted octanol–water partition coefficient (Wildman–Crippen LogP) is 1.69. The molecule has 3 heteroatoms. The first-order valence-electron chi connectivity index (χ1n) is 5.68. The molecule has 0 fully saturated rings. The van der Waals surface area contributed by atoms with Gasteiger partial charge in [-0.3, -0.25) is 4.79 Å². The lowest BCUT2D eigenvalue weighted by atomic mass is 10.00. The number of benzene rings is 1. The molecule has 1 aromatic carbocycles. The van der Waals surface area contributed by atoms with Gasteiger partial charge >= 0.3 is 0 Å². The van der Waals surface area contributed by atoms with Crippen LogP contribution in [0.5, 0.6) is 5.75 Å². The zero-order valence-electron chi connectivity index (χ0n) is 9.77. The molecule has 1 heterocycles. The van der Waals surface area contributed by atoms with Crippen molar-refractivity contribution in [3.05, 3.63) is 29.8 Å². The summed E-state index contributed by atoms with van der Waals surface area (Å²) in [5.74, 6) is 3.11. The molecule has 2 rings (SSSR count). The summed E-state index contributed by atoms with van der Waals surface area (Å²) in [5, 5.41) is 2.90. The number of fused-ring (bicyclic) bond motifs is 1. The second kappa shape index (κ2) is 4.92. The predicted molar refractivity (Wildman–Crippen MR) is 65.7 cm³/mol. The first-order valence-corrected chi connectivity index (χ1v) is 5.68. The van der Waals surface area contributed by atoms with E-state index in [0.717, 1.165) is 11.3 Å². The largest absolute Gasteiger partial charge is 0.492 e. The van der Waals surface area contributed by atoms with E-state index in [1.807, 2.05) is 31.2 Å². The zero-order valence-corrected chi connectivity index (χ0v) is 9.77. The minimum absolute atomic E-state index is 0.000243. The van der Waals surface area contributed by atoms with Crippen LogP contribution in [0, 0.1) is 12.3 Å². The Morgan fingerprint density at radius 2 is 2.41 bits per heavy atom. The van der Waals surface area contributed by atoms with Crippen LogP contribution in [0.25, 0.3) is 0 Å². The summed E-state index contributed by atoms with van der Waals surface area (Å²) in [7, 11) is 0. The number of amides is 1. The minimum Gasteiger partial charge on any atom is -0.492 e. The van der Waals surface area contributed by atoms with E-state index >= 15 is 0 Å². The van der Waals surface area contributed by atoms with E-state index in [0.29, 0.717) is 13.0 Å². The van der Waals surface area contributed by atoms with E-state index in [1.54, 1.807) is 0 Å². The molecule has 1 aliphatic rings. The van der Waals surface area contributed by atoms with Crippen LogP contribution < -0.4 is 10.1 Å². The van der Waals surface area contributed by atoms with Crippen molar-refractivity contribution in [2.45, 2.75) is 25.3 Å². The molecular formula is C14H15NO2. The summed E-state index contributed by atoms with van der Waals surface area (Å²) in [4.78, 5) is 12.0. The maximum atomic E-state index is 12.0. The fourth-order valence-corrected chi connectivity index (χ4v) is 1.95. The summed E-state index contributed by atoms with van der Waals surface area (Å²) in [6, 6.07) is 7.63. The number of terminal acetylenes is 1. The topological polar surface area (TPSA) is 38.3 Å².